The molecule has 1 aromatic rings. The highest BCUT2D eigenvalue weighted by Crippen LogP contribution is 2.29. The lowest BCUT2D eigenvalue weighted by molar-refractivity contribution is -0.138. The third kappa shape index (κ3) is 5.95. The zero-order chi connectivity index (χ0) is 20.2. The Morgan fingerprint density at radius 3 is 2.70 bits per heavy atom. The Kier molecular flexibility index (Phi) is 6.86. The summed E-state index contributed by atoms with van der Waals surface area (Å²) in [5, 5.41) is 2.78. The molecule has 0 bridgehead atoms. The second-order valence-corrected chi connectivity index (χ2v) is 7.35. The molecule has 1 aromatic carbocycles. The number of hydrogen-bond acceptors (Lipinski definition) is 3. The zero-order valence-electron chi connectivity index (χ0n) is 15.8. The van der Waals surface area contributed by atoms with Crippen molar-refractivity contribution in [3.05, 3.63) is 35.4 Å². The van der Waals surface area contributed by atoms with Crippen LogP contribution in [0.5, 0.6) is 0 Å². The van der Waals surface area contributed by atoms with Crippen molar-refractivity contribution in [3.63, 3.8) is 0 Å². The van der Waals surface area contributed by atoms with E-state index in [9.17, 15) is 22.8 Å². The molecule has 0 aliphatic carbocycles. The topological polar surface area (TPSA) is 52.7 Å². The van der Waals surface area contributed by atoms with Crippen LogP contribution >= 0.6 is 0 Å². The highest BCUT2D eigenvalue weighted by atomic mass is 19.4. The smallest absolute Gasteiger partial charge is 0.353 e. The number of carbonyl (C=O) groups is 2. The molecule has 1 N–H and O–H groups in total. The van der Waals surface area contributed by atoms with Gasteiger partial charge in [-0.3, -0.25) is 14.5 Å². The van der Waals surface area contributed by atoms with Crippen molar-refractivity contribution in [1.29, 1.82) is 0 Å². The molecule has 1 fully saturated rings. The van der Waals surface area contributed by atoms with Crippen LogP contribution in [0.25, 0.3) is 0 Å². The molecule has 0 saturated carbocycles. The van der Waals surface area contributed by atoms with E-state index in [0.717, 1.165) is 12.1 Å². The molecule has 0 aromatic heterocycles. The molecule has 0 unspecified atom stereocenters. The van der Waals surface area contributed by atoms with E-state index in [2.05, 4.69) is 5.32 Å². The molecule has 1 saturated heterocycles. The van der Waals surface area contributed by atoms with Crippen molar-refractivity contribution in [2.24, 2.45) is 5.92 Å². The van der Waals surface area contributed by atoms with Crippen LogP contribution in [0.3, 0.4) is 0 Å². The highest BCUT2D eigenvalue weighted by Gasteiger charge is 2.33. The molecule has 8 heteroatoms. The maximum atomic E-state index is 12.8. The van der Waals surface area contributed by atoms with Gasteiger partial charge in [0, 0.05) is 33.2 Å². The summed E-state index contributed by atoms with van der Waals surface area (Å²) in [5.74, 6) is -0.0951. The fourth-order valence-electron chi connectivity index (χ4n) is 3.20. The molecule has 0 spiro atoms. The molecule has 1 aliphatic rings. The summed E-state index contributed by atoms with van der Waals surface area (Å²) in [6.07, 6.45) is -4.41. The van der Waals surface area contributed by atoms with Gasteiger partial charge in [-0.2, -0.15) is 13.2 Å². The first-order valence-corrected chi connectivity index (χ1v) is 8.99. The van der Waals surface area contributed by atoms with E-state index >= 15 is 0 Å². The Balaban J connectivity index is 2.03. The van der Waals surface area contributed by atoms with Crippen molar-refractivity contribution in [1.82, 2.24) is 15.1 Å². The molecule has 2 amide bonds. The number of piperazine rings is 1. The van der Waals surface area contributed by atoms with Crippen LogP contribution in [-0.4, -0.2) is 54.3 Å². The normalized spacial score (nSPS) is 18.5. The van der Waals surface area contributed by atoms with Gasteiger partial charge >= 0.3 is 6.18 Å². The maximum Gasteiger partial charge on any atom is 0.416 e. The lowest BCUT2D eigenvalue weighted by Gasteiger charge is -2.36. The van der Waals surface area contributed by atoms with Crippen molar-refractivity contribution in [2.45, 2.75) is 39.0 Å². The number of benzene rings is 1. The summed E-state index contributed by atoms with van der Waals surface area (Å²) < 4.78 is 38.5. The molecule has 1 heterocycles. The van der Waals surface area contributed by atoms with Crippen molar-refractivity contribution in [3.8, 4) is 0 Å². The standard InChI is InChI=1S/C19H26F3N3O2/c1-13(2)11-25-8-7-23-18(27)16(25)10-17(26)24(3)12-14-5-4-6-15(9-14)19(20,21)22/h4-6,9,13,16H,7-8,10-12H2,1-3H3,(H,23,27)/t16-/m0/s1. The summed E-state index contributed by atoms with van der Waals surface area (Å²) >= 11 is 0. The third-order valence-corrected chi connectivity index (χ3v) is 4.51. The second-order valence-electron chi connectivity index (χ2n) is 7.35. The summed E-state index contributed by atoms with van der Waals surface area (Å²) in [5.41, 5.74) is -0.344. The number of carbonyl (C=O) groups excluding carboxylic acids is 2. The maximum absolute atomic E-state index is 12.8. The Bertz CT molecular complexity index is 676. The number of nitrogens with one attached hydrogen (secondary N) is 1. The largest absolute Gasteiger partial charge is 0.416 e. The molecule has 5 nitrogen and oxygen atoms in total. The molecule has 0 radical (unpaired) electrons. The van der Waals surface area contributed by atoms with Gasteiger partial charge in [-0.15, -0.1) is 0 Å². The van der Waals surface area contributed by atoms with E-state index in [1.807, 2.05) is 18.7 Å². The van der Waals surface area contributed by atoms with Gasteiger partial charge in [-0.25, -0.2) is 0 Å². The fraction of sp³-hybridized carbons (Fsp3) is 0.579. The Morgan fingerprint density at radius 1 is 1.37 bits per heavy atom. The Morgan fingerprint density at radius 2 is 2.07 bits per heavy atom. The van der Waals surface area contributed by atoms with Gasteiger partial charge in [0.15, 0.2) is 0 Å². The average molecular weight is 385 g/mol. The zero-order valence-corrected chi connectivity index (χ0v) is 15.8. The molecule has 1 aliphatic heterocycles. The van der Waals surface area contributed by atoms with Crippen LogP contribution in [0.1, 0.15) is 31.4 Å². The minimum Gasteiger partial charge on any atom is -0.353 e. The van der Waals surface area contributed by atoms with E-state index in [1.165, 1.54) is 18.0 Å². The van der Waals surface area contributed by atoms with E-state index in [-0.39, 0.29) is 24.8 Å². The minimum atomic E-state index is -4.42. The molecular formula is C19H26F3N3O2. The first kappa shape index (κ1) is 21.2. The van der Waals surface area contributed by atoms with Gasteiger partial charge in [-0.05, 0) is 23.6 Å². The van der Waals surface area contributed by atoms with E-state index in [4.69, 9.17) is 0 Å². The van der Waals surface area contributed by atoms with Gasteiger partial charge in [0.05, 0.1) is 18.0 Å². The van der Waals surface area contributed by atoms with Gasteiger partial charge in [-0.1, -0.05) is 26.0 Å². The number of amides is 2. The summed E-state index contributed by atoms with van der Waals surface area (Å²) in [4.78, 5) is 28.1. The van der Waals surface area contributed by atoms with Crippen molar-refractivity contribution < 1.29 is 22.8 Å². The first-order valence-electron chi connectivity index (χ1n) is 8.99. The molecule has 2 rings (SSSR count). The predicted molar refractivity (Wildman–Crippen MR) is 95.7 cm³/mol. The molecule has 27 heavy (non-hydrogen) atoms. The van der Waals surface area contributed by atoms with E-state index in [1.54, 1.807) is 6.07 Å². The van der Waals surface area contributed by atoms with Crippen LogP contribution in [-0.2, 0) is 22.3 Å². The molecule has 150 valence electrons. The molecular weight excluding hydrogens is 359 g/mol. The SMILES string of the molecule is CC(C)CN1CCNC(=O)[C@@H]1CC(=O)N(C)Cc1cccc(C(F)(F)F)c1. The van der Waals surface area contributed by atoms with Crippen LogP contribution in [0.2, 0.25) is 0 Å². The first-order chi connectivity index (χ1) is 12.6. The van der Waals surface area contributed by atoms with Crippen molar-refractivity contribution in [2.75, 3.05) is 26.7 Å². The lowest BCUT2D eigenvalue weighted by Crippen LogP contribution is -2.57. The minimum absolute atomic E-state index is 0.00795. The third-order valence-electron chi connectivity index (χ3n) is 4.51. The Hall–Kier alpha value is -2.09. The lowest BCUT2D eigenvalue weighted by atomic mass is 10.0. The molecule has 1 atom stereocenters. The highest BCUT2D eigenvalue weighted by molar-refractivity contribution is 5.88. The fourth-order valence-corrected chi connectivity index (χ4v) is 3.20. The van der Waals surface area contributed by atoms with Crippen LogP contribution in [0.15, 0.2) is 24.3 Å². The predicted octanol–water partition coefficient (Wildman–Crippen LogP) is 2.51. The van der Waals surface area contributed by atoms with E-state index < -0.39 is 17.8 Å². The van der Waals surface area contributed by atoms with Gasteiger partial charge < -0.3 is 10.2 Å². The van der Waals surface area contributed by atoms with Gasteiger partial charge in [0.2, 0.25) is 11.8 Å². The number of nitrogens with zero attached hydrogens (tertiary/aromatic N) is 2. The number of halogens is 3. The number of alkyl halides is 3. The summed E-state index contributed by atoms with van der Waals surface area (Å²) in [6, 6.07) is 4.38. The van der Waals surface area contributed by atoms with E-state index in [0.29, 0.717) is 31.1 Å². The van der Waals surface area contributed by atoms with Crippen LogP contribution in [0, 0.1) is 5.92 Å². The summed E-state index contributed by atoms with van der Waals surface area (Å²) in [7, 11) is 1.54. The van der Waals surface area contributed by atoms with Gasteiger partial charge in [0.25, 0.3) is 0 Å². The van der Waals surface area contributed by atoms with Crippen LogP contribution < -0.4 is 5.32 Å². The average Bonchev–Trinajstić information content (AvgIpc) is 2.56. The van der Waals surface area contributed by atoms with Crippen molar-refractivity contribution >= 4 is 11.8 Å². The Labute approximate surface area is 157 Å². The second kappa shape index (κ2) is 8.73. The van der Waals surface area contributed by atoms with Crippen LogP contribution in [0.4, 0.5) is 13.2 Å². The summed E-state index contributed by atoms with van der Waals surface area (Å²) in [6.45, 7) is 6.09. The van der Waals surface area contributed by atoms with Gasteiger partial charge in [0.1, 0.15) is 0 Å². The number of rotatable bonds is 6. The monoisotopic (exact) mass is 385 g/mol. The number of hydrogen-bond donors (Lipinski definition) is 1. The quantitative estimate of drug-likeness (QED) is 0.819.